The van der Waals surface area contributed by atoms with Crippen LogP contribution in [0.4, 0.5) is 5.69 Å². The van der Waals surface area contributed by atoms with Crippen molar-refractivity contribution in [3.8, 4) is 0 Å². The van der Waals surface area contributed by atoms with E-state index < -0.39 is 0 Å². The highest BCUT2D eigenvalue weighted by atomic mass is 16.5. The van der Waals surface area contributed by atoms with Crippen molar-refractivity contribution in [3.05, 3.63) is 29.8 Å². The highest BCUT2D eigenvalue weighted by molar-refractivity contribution is 5.94. The van der Waals surface area contributed by atoms with Crippen molar-refractivity contribution in [1.82, 2.24) is 9.80 Å². The Kier molecular flexibility index (Phi) is 6.90. The molecule has 0 aromatic heterocycles. The van der Waals surface area contributed by atoms with Crippen LogP contribution in [0.15, 0.2) is 24.3 Å². The largest absolute Gasteiger partial charge is 0.466 e. The second-order valence-corrected chi connectivity index (χ2v) is 7.34. The number of carbonyl (C=O) groups excluding carboxylic acids is 3. The second kappa shape index (κ2) is 9.57. The molecule has 0 saturated carbocycles. The van der Waals surface area contributed by atoms with Crippen molar-refractivity contribution in [2.24, 2.45) is 5.92 Å². The monoisotopic (exact) mass is 387 g/mol. The van der Waals surface area contributed by atoms with E-state index in [9.17, 15) is 14.4 Å². The molecular formula is C21H29N3O4. The van der Waals surface area contributed by atoms with Gasteiger partial charge in [0.15, 0.2) is 0 Å². The van der Waals surface area contributed by atoms with E-state index in [0.717, 1.165) is 31.6 Å². The molecule has 0 atom stereocenters. The lowest BCUT2D eigenvalue weighted by Gasteiger charge is -2.31. The minimum atomic E-state index is -0.156. The van der Waals surface area contributed by atoms with Crippen LogP contribution in [0.3, 0.4) is 0 Å². The third kappa shape index (κ3) is 5.03. The lowest BCUT2D eigenvalue weighted by Crippen LogP contribution is -2.43. The summed E-state index contributed by atoms with van der Waals surface area (Å²) in [4.78, 5) is 40.2. The van der Waals surface area contributed by atoms with Gasteiger partial charge in [0.2, 0.25) is 5.91 Å². The number of ether oxygens (including phenoxy) is 1. The van der Waals surface area contributed by atoms with Crippen LogP contribution < -0.4 is 5.32 Å². The third-order valence-electron chi connectivity index (χ3n) is 5.44. The predicted molar refractivity (Wildman–Crippen MR) is 106 cm³/mol. The normalized spacial score (nSPS) is 17.5. The molecule has 0 bridgehead atoms. The predicted octanol–water partition coefficient (Wildman–Crippen LogP) is 2.14. The van der Waals surface area contributed by atoms with Crippen molar-refractivity contribution in [3.63, 3.8) is 0 Å². The lowest BCUT2D eigenvalue weighted by molar-refractivity contribution is -0.151. The summed E-state index contributed by atoms with van der Waals surface area (Å²) in [7, 11) is 0. The molecule has 1 aromatic rings. The number of esters is 1. The smallest absolute Gasteiger partial charge is 0.309 e. The van der Waals surface area contributed by atoms with Gasteiger partial charge in [-0.15, -0.1) is 0 Å². The maximum absolute atomic E-state index is 12.4. The molecule has 1 N–H and O–H groups in total. The van der Waals surface area contributed by atoms with Crippen LogP contribution in [0.2, 0.25) is 0 Å². The molecule has 0 spiro atoms. The molecule has 0 unspecified atom stereocenters. The standard InChI is InChI=1S/C21H29N3O4/c1-2-28-21(27)17-9-13-23(14-10-17)19(25)15-22-18-7-5-16(6-8-18)20(26)24-11-3-4-12-24/h5-8,17,22H,2-4,9-15H2,1H3. The Bertz CT molecular complexity index is 690. The van der Waals surface area contributed by atoms with Crippen LogP contribution in [-0.4, -0.2) is 66.9 Å². The van der Waals surface area contributed by atoms with Crippen molar-refractivity contribution >= 4 is 23.5 Å². The molecule has 7 nitrogen and oxygen atoms in total. The zero-order valence-electron chi connectivity index (χ0n) is 16.5. The van der Waals surface area contributed by atoms with E-state index in [-0.39, 0.29) is 30.2 Å². The fourth-order valence-electron chi connectivity index (χ4n) is 3.75. The van der Waals surface area contributed by atoms with Gasteiger partial charge in [-0.25, -0.2) is 0 Å². The van der Waals surface area contributed by atoms with Crippen molar-refractivity contribution in [1.29, 1.82) is 0 Å². The topological polar surface area (TPSA) is 79.0 Å². The van der Waals surface area contributed by atoms with Crippen LogP contribution >= 0.6 is 0 Å². The van der Waals surface area contributed by atoms with E-state index in [4.69, 9.17) is 4.74 Å². The Labute approximate surface area is 166 Å². The van der Waals surface area contributed by atoms with Gasteiger partial charge in [-0.3, -0.25) is 14.4 Å². The van der Waals surface area contributed by atoms with E-state index in [1.54, 1.807) is 24.0 Å². The number of hydrogen-bond acceptors (Lipinski definition) is 5. The zero-order chi connectivity index (χ0) is 19.9. The Morgan fingerprint density at radius 2 is 1.64 bits per heavy atom. The summed E-state index contributed by atoms with van der Waals surface area (Å²) in [6, 6.07) is 7.28. The first-order valence-electron chi connectivity index (χ1n) is 10.2. The number of benzene rings is 1. The summed E-state index contributed by atoms with van der Waals surface area (Å²) in [6.45, 7) is 5.21. The summed E-state index contributed by atoms with van der Waals surface area (Å²) in [5.41, 5.74) is 1.49. The van der Waals surface area contributed by atoms with Gasteiger partial charge in [0.05, 0.1) is 19.1 Å². The van der Waals surface area contributed by atoms with Crippen molar-refractivity contribution in [2.45, 2.75) is 32.6 Å². The molecule has 0 aliphatic carbocycles. The highest BCUT2D eigenvalue weighted by Gasteiger charge is 2.28. The van der Waals surface area contributed by atoms with Crippen molar-refractivity contribution < 1.29 is 19.1 Å². The maximum atomic E-state index is 12.4. The van der Waals surface area contributed by atoms with Crippen LogP contribution in [0.1, 0.15) is 43.0 Å². The molecule has 7 heteroatoms. The number of carbonyl (C=O) groups is 3. The number of nitrogens with one attached hydrogen (secondary N) is 1. The summed E-state index contributed by atoms with van der Waals surface area (Å²) in [6.07, 6.45) is 3.45. The number of anilines is 1. The summed E-state index contributed by atoms with van der Waals surface area (Å²) < 4.78 is 5.06. The van der Waals surface area contributed by atoms with Gasteiger partial charge < -0.3 is 19.9 Å². The maximum Gasteiger partial charge on any atom is 0.309 e. The molecule has 2 aliphatic rings. The van der Waals surface area contributed by atoms with Gasteiger partial charge >= 0.3 is 5.97 Å². The van der Waals surface area contributed by atoms with Gasteiger partial charge in [-0.2, -0.15) is 0 Å². The summed E-state index contributed by atoms with van der Waals surface area (Å²) in [5.74, 6) is -0.168. The van der Waals surface area contributed by atoms with Crippen molar-refractivity contribution in [2.75, 3.05) is 44.6 Å². The van der Waals surface area contributed by atoms with Crippen LogP contribution in [0.5, 0.6) is 0 Å². The molecule has 1 aromatic carbocycles. The Morgan fingerprint density at radius 1 is 1.00 bits per heavy atom. The minimum absolute atomic E-state index is 0.0135. The van der Waals surface area contributed by atoms with E-state index >= 15 is 0 Å². The number of piperidine rings is 1. The molecule has 2 heterocycles. The number of hydrogen-bond donors (Lipinski definition) is 1. The van der Waals surface area contributed by atoms with Gasteiger partial charge in [-0.05, 0) is 56.9 Å². The molecular weight excluding hydrogens is 358 g/mol. The van der Waals surface area contributed by atoms with E-state index in [1.807, 2.05) is 17.0 Å². The van der Waals surface area contributed by atoms with Gasteiger partial charge in [0.25, 0.3) is 5.91 Å². The molecule has 2 aliphatic heterocycles. The SMILES string of the molecule is CCOC(=O)C1CCN(C(=O)CNc2ccc(C(=O)N3CCCC3)cc2)CC1. The third-order valence-corrected chi connectivity index (χ3v) is 5.44. The zero-order valence-corrected chi connectivity index (χ0v) is 16.5. The van der Waals surface area contributed by atoms with Crippen LogP contribution in [-0.2, 0) is 14.3 Å². The van der Waals surface area contributed by atoms with Gasteiger partial charge in [0.1, 0.15) is 0 Å². The molecule has 2 fully saturated rings. The fourth-order valence-corrected chi connectivity index (χ4v) is 3.75. The van der Waals surface area contributed by atoms with E-state index in [0.29, 0.717) is 38.1 Å². The first kappa shape index (κ1) is 20.2. The second-order valence-electron chi connectivity index (χ2n) is 7.34. The minimum Gasteiger partial charge on any atom is -0.466 e. The number of rotatable bonds is 6. The Balaban J connectivity index is 1.43. The number of likely N-dealkylation sites (tertiary alicyclic amines) is 2. The lowest BCUT2D eigenvalue weighted by atomic mass is 9.97. The van der Waals surface area contributed by atoms with Gasteiger partial charge in [0, 0.05) is 37.4 Å². The fraction of sp³-hybridized carbons (Fsp3) is 0.571. The van der Waals surface area contributed by atoms with Crippen LogP contribution in [0.25, 0.3) is 0 Å². The van der Waals surface area contributed by atoms with E-state index in [1.165, 1.54) is 0 Å². The number of nitrogens with zero attached hydrogens (tertiary/aromatic N) is 2. The molecule has 28 heavy (non-hydrogen) atoms. The average Bonchev–Trinajstić information content (AvgIpc) is 3.27. The molecule has 3 rings (SSSR count). The summed E-state index contributed by atoms with van der Waals surface area (Å²) in [5, 5.41) is 3.12. The summed E-state index contributed by atoms with van der Waals surface area (Å²) >= 11 is 0. The average molecular weight is 387 g/mol. The first-order chi connectivity index (χ1) is 13.6. The Morgan fingerprint density at radius 3 is 2.25 bits per heavy atom. The van der Waals surface area contributed by atoms with E-state index in [2.05, 4.69) is 5.32 Å². The Hall–Kier alpha value is -2.57. The highest BCUT2D eigenvalue weighted by Crippen LogP contribution is 2.19. The first-order valence-corrected chi connectivity index (χ1v) is 10.2. The van der Waals surface area contributed by atoms with Gasteiger partial charge in [-0.1, -0.05) is 0 Å². The molecule has 2 saturated heterocycles. The molecule has 0 radical (unpaired) electrons. The molecule has 152 valence electrons. The quantitative estimate of drug-likeness (QED) is 0.757. The van der Waals surface area contributed by atoms with Crippen LogP contribution in [0, 0.1) is 5.92 Å². The number of amides is 2. The molecule has 2 amide bonds.